The lowest BCUT2D eigenvalue weighted by Gasteiger charge is -2.43. The molecule has 0 saturated carbocycles. The molecule has 0 atom stereocenters. The number of aryl methyl sites for hydroxylation is 2. The molecular formula is C22H22N2O6S. The first-order chi connectivity index (χ1) is 14.7. The molecule has 31 heavy (non-hydrogen) atoms. The van der Waals surface area contributed by atoms with Crippen molar-refractivity contribution in [1.29, 1.82) is 0 Å². The second kappa shape index (κ2) is 6.80. The molecule has 8 nitrogen and oxygen atoms in total. The molecule has 0 amide bonds. The fraction of sp³-hybridized carbons (Fsp3) is 0.364. The zero-order chi connectivity index (χ0) is 22.0. The van der Waals surface area contributed by atoms with Crippen LogP contribution in [0.5, 0.6) is 5.75 Å². The SMILES string of the molecule is Cc1cc(C)c2c(c1)OC1(CCN(S(=O)(=O)c3ccc4[nH]c(=O)oc4c3)CC1)CC2=O. The smallest absolute Gasteiger partial charge is 0.417 e. The van der Waals surface area contributed by atoms with Gasteiger partial charge in [0, 0.05) is 32.0 Å². The summed E-state index contributed by atoms with van der Waals surface area (Å²) in [7, 11) is -3.77. The average Bonchev–Trinajstić information content (AvgIpc) is 3.06. The molecule has 0 radical (unpaired) electrons. The van der Waals surface area contributed by atoms with Crippen molar-refractivity contribution in [2.75, 3.05) is 13.1 Å². The summed E-state index contributed by atoms with van der Waals surface area (Å²) in [5.41, 5.74) is 2.51. The molecule has 3 aromatic rings. The predicted octanol–water partition coefficient (Wildman–Crippen LogP) is 2.93. The lowest BCUT2D eigenvalue weighted by Crippen LogP contribution is -2.52. The topological polar surface area (TPSA) is 110 Å². The van der Waals surface area contributed by atoms with E-state index in [4.69, 9.17) is 9.15 Å². The number of ketones is 1. The Kier molecular flexibility index (Phi) is 4.39. The lowest BCUT2D eigenvalue weighted by atomic mass is 9.82. The predicted molar refractivity (Wildman–Crippen MR) is 113 cm³/mol. The minimum atomic E-state index is -3.77. The third-order valence-corrected chi connectivity index (χ3v) is 8.09. The number of benzene rings is 2. The molecule has 0 aliphatic carbocycles. The van der Waals surface area contributed by atoms with Gasteiger partial charge in [-0.05, 0) is 43.2 Å². The van der Waals surface area contributed by atoms with Crippen molar-refractivity contribution in [2.45, 2.75) is 43.6 Å². The van der Waals surface area contributed by atoms with Gasteiger partial charge in [-0.3, -0.25) is 9.78 Å². The van der Waals surface area contributed by atoms with Crippen LogP contribution in [0.25, 0.3) is 11.1 Å². The molecule has 162 valence electrons. The molecule has 9 heteroatoms. The van der Waals surface area contributed by atoms with Crippen molar-refractivity contribution in [3.63, 3.8) is 0 Å². The highest BCUT2D eigenvalue weighted by atomic mass is 32.2. The first-order valence-corrected chi connectivity index (χ1v) is 11.6. The monoisotopic (exact) mass is 442 g/mol. The van der Waals surface area contributed by atoms with Crippen LogP contribution in [0.15, 0.2) is 44.4 Å². The standard InChI is InChI=1S/C22H22N2O6S/c1-13-9-14(2)20-17(25)12-22(30-19(20)10-13)5-7-24(8-6-22)31(27,28)15-3-4-16-18(11-15)29-21(26)23-16/h3-4,9-11H,5-8,12H2,1-2H3,(H,23,26). The minimum absolute atomic E-state index is 0.0444. The van der Waals surface area contributed by atoms with E-state index in [1.54, 1.807) is 0 Å². The summed E-state index contributed by atoms with van der Waals surface area (Å²) in [5, 5.41) is 0. The molecule has 1 saturated heterocycles. The van der Waals surface area contributed by atoms with E-state index < -0.39 is 21.4 Å². The number of sulfonamides is 1. The summed E-state index contributed by atoms with van der Waals surface area (Å²) >= 11 is 0. The highest BCUT2D eigenvalue weighted by Gasteiger charge is 2.45. The fourth-order valence-electron chi connectivity index (χ4n) is 4.66. The zero-order valence-electron chi connectivity index (χ0n) is 17.2. The molecule has 2 aliphatic heterocycles. The second-order valence-corrected chi connectivity index (χ2v) is 10.4. The van der Waals surface area contributed by atoms with Crippen LogP contribution in [-0.2, 0) is 10.0 Å². The zero-order valence-corrected chi connectivity index (χ0v) is 18.0. The van der Waals surface area contributed by atoms with E-state index in [1.807, 2.05) is 26.0 Å². The van der Waals surface area contributed by atoms with Crippen LogP contribution >= 0.6 is 0 Å². The van der Waals surface area contributed by atoms with Gasteiger partial charge in [0.1, 0.15) is 11.4 Å². The van der Waals surface area contributed by atoms with Crippen molar-refractivity contribution in [3.05, 3.63) is 57.6 Å². The van der Waals surface area contributed by atoms with Gasteiger partial charge in [-0.2, -0.15) is 4.31 Å². The van der Waals surface area contributed by atoms with Crippen LogP contribution in [0.4, 0.5) is 0 Å². The second-order valence-electron chi connectivity index (χ2n) is 8.42. The van der Waals surface area contributed by atoms with E-state index >= 15 is 0 Å². The number of rotatable bonds is 2. The van der Waals surface area contributed by atoms with E-state index in [0.29, 0.717) is 29.7 Å². The number of carbonyl (C=O) groups is 1. The Morgan fingerprint density at radius 1 is 1.06 bits per heavy atom. The first-order valence-electron chi connectivity index (χ1n) is 10.1. The molecule has 0 bridgehead atoms. The summed E-state index contributed by atoms with van der Waals surface area (Å²) in [4.78, 5) is 26.8. The number of Topliss-reactive ketones (excluding diaryl/α,β-unsaturated/α-hetero) is 1. The van der Waals surface area contributed by atoms with Gasteiger partial charge in [0.05, 0.1) is 22.4 Å². The van der Waals surface area contributed by atoms with Crippen LogP contribution in [0, 0.1) is 13.8 Å². The van der Waals surface area contributed by atoms with Gasteiger partial charge in [0.25, 0.3) is 0 Å². The number of oxazole rings is 1. The first kappa shape index (κ1) is 20.0. The van der Waals surface area contributed by atoms with Crippen molar-refractivity contribution < 1.29 is 22.4 Å². The quantitative estimate of drug-likeness (QED) is 0.654. The Morgan fingerprint density at radius 3 is 2.55 bits per heavy atom. The number of ether oxygens (including phenoxy) is 1. The number of piperidine rings is 1. The molecule has 5 rings (SSSR count). The Morgan fingerprint density at radius 2 is 1.81 bits per heavy atom. The Bertz CT molecular complexity index is 1380. The van der Waals surface area contributed by atoms with Gasteiger partial charge in [-0.25, -0.2) is 13.2 Å². The lowest BCUT2D eigenvalue weighted by molar-refractivity contribution is 0.00577. The molecule has 0 unspecified atom stereocenters. The number of aromatic amines is 1. The van der Waals surface area contributed by atoms with Crippen LogP contribution in [0.1, 0.15) is 40.7 Å². The largest absolute Gasteiger partial charge is 0.486 e. The highest BCUT2D eigenvalue weighted by Crippen LogP contribution is 2.41. The summed E-state index contributed by atoms with van der Waals surface area (Å²) in [6.07, 6.45) is 1.09. The van der Waals surface area contributed by atoms with Gasteiger partial charge < -0.3 is 9.15 Å². The van der Waals surface area contributed by atoms with Gasteiger partial charge >= 0.3 is 5.76 Å². The number of nitrogens with zero attached hydrogens (tertiary/aromatic N) is 1. The van der Waals surface area contributed by atoms with Gasteiger partial charge in [-0.1, -0.05) is 6.07 Å². The number of nitrogens with one attached hydrogen (secondary N) is 1. The maximum absolute atomic E-state index is 13.1. The summed E-state index contributed by atoms with van der Waals surface area (Å²) in [5.74, 6) is 0.00956. The molecule has 2 aliphatic rings. The van der Waals surface area contributed by atoms with Crippen molar-refractivity contribution >= 4 is 26.9 Å². The highest BCUT2D eigenvalue weighted by molar-refractivity contribution is 7.89. The van der Waals surface area contributed by atoms with Gasteiger partial charge in [-0.15, -0.1) is 0 Å². The number of hydrogen-bond donors (Lipinski definition) is 1. The maximum Gasteiger partial charge on any atom is 0.417 e. The van der Waals surface area contributed by atoms with Crippen molar-refractivity contribution in [2.24, 2.45) is 0 Å². The normalized spacial score (nSPS) is 18.8. The van der Waals surface area contributed by atoms with E-state index in [-0.39, 0.29) is 35.8 Å². The summed E-state index contributed by atoms with van der Waals surface area (Å²) in [6.45, 7) is 4.35. The third-order valence-electron chi connectivity index (χ3n) is 6.20. The summed E-state index contributed by atoms with van der Waals surface area (Å²) < 4.78 is 39.0. The van der Waals surface area contributed by atoms with E-state index in [9.17, 15) is 18.0 Å². The molecule has 3 heterocycles. The van der Waals surface area contributed by atoms with E-state index in [1.165, 1.54) is 22.5 Å². The molecule has 1 N–H and O–H groups in total. The van der Waals surface area contributed by atoms with Crippen molar-refractivity contribution in [3.8, 4) is 5.75 Å². The molecule has 2 aromatic carbocycles. The Labute approximate surface area is 178 Å². The van der Waals surface area contributed by atoms with Crippen LogP contribution in [0.2, 0.25) is 0 Å². The van der Waals surface area contributed by atoms with Crippen molar-refractivity contribution in [1.82, 2.24) is 9.29 Å². The van der Waals surface area contributed by atoms with E-state index in [0.717, 1.165) is 11.1 Å². The third kappa shape index (κ3) is 3.28. The number of fused-ring (bicyclic) bond motifs is 2. The number of aromatic nitrogens is 1. The maximum atomic E-state index is 13.1. The fourth-order valence-corrected chi connectivity index (χ4v) is 6.12. The number of carbonyl (C=O) groups excluding carboxylic acids is 1. The molecule has 1 spiro atoms. The average molecular weight is 442 g/mol. The van der Waals surface area contributed by atoms with Gasteiger partial charge in [0.2, 0.25) is 10.0 Å². The Hall–Kier alpha value is -2.91. The van der Waals surface area contributed by atoms with Crippen LogP contribution in [0.3, 0.4) is 0 Å². The summed E-state index contributed by atoms with van der Waals surface area (Å²) in [6, 6.07) is 8.18. The van der Waals surface area contributed by atoms with Crippen LogP contribution in [-0.4, -0.2) is 42.2 Å². The minimum Gasteiger partial charge on any atom is -0.486 e. The van der Waals surface area contributed by atoms with Gasteiger partial charge in [0.15, 0.2) is 11.4 Å². The number of H-pyrrole nitrogens is 1. The van der Waals surface area contributed by atoms with Crippen LogP contribution < -0.4 is 10.5 Å². The molecular weight excluding hydrogens is 420 g/mol. The number of hydrogen-bond acceptors (Lipinski definition) is 6. The Balaban J connectivity index is 1.39. The van der Waals surface area contributed by atoms with E-state index in [2.05, 4.69) is 4.98 Å². The molecule has 1 aromatic heterocycles. The molecule has 1 fully saturated rings.